The number of aromatic nitrogens is 1. The molecule has 0 N–H and O–H groups in total. The molecule has 0 aliphatic heterocycles. The van der Waals surface area contributed by atoms with Crippen molar-refractivity contribution in [2.45, 2.75) is 26.1 Å². The number of rotatable bonds is 3. The van der Waals surface area contributed by atoms with Gasteiger partial charge in [0.15, 0.2) is 4.80 Å². The molecule has 0 radical (unpaired) electrons. The molecule has 0 aliphatic carbocycles. The summed E-state index contributed by atoms with van der Waals surface area (Å²) in [5, 5.41) is 2.08. The molecule has 3 nitrogen and oxygen atoms in total. The van der Waals surface area contributed by atoms with E-state index in [0.29, 0.717) is 13.0 Å². The van der Waals surface area contributed by atoms with Crippen LogP contribution in [0.1, 0.15) is 17.4 Å². The van der Waals surface area contributed by atoms with Crippen molar-refractivity contribution in [2.24, 2.45) is 4.99 Å². The van der Waals surface area contributed by atoms with E-state index in [1.54, 1.807) is 10.8 Å². The van der Waals surface area contributed by atoms with Gasteiger partial charge in [-0.25, -0.2) is 0 Å². The maximum absolute atomic E-state index is 12.5. The van der Waals surface area contributed by atoms with Crippen LogP contribution in [-0.2, 0) is 17.8 Å². The minimum absolute atomic E-state index is 0.0621. The van der Waals surface area contributed by atoms with E-state index in [4.69, 9.17) is 0 Å². The van der Waals surface area contributed by atoms with Gasteiger partial charge >= 0.3 is 12.1 Å². The normalized spacial score (nSPS) is 12.7. The van der Waals surface area contributed by atoms with Gasteiger partial charge in [0.05, 0.1) is 6.54 Å². The standard InChI is InChI=1S/C18H15F3N2OS/c1-2-14-11-23(17(25-14)22-16(24)18(19,20)21)10-13-8-5-7-12-6-3-4-9-15(12)13/h3-9,11H,2,10H2,1H3/b22-17-. The van der Waals surface area contributed by atoms with Crippen LogP contribution in [0.15, 0.2) is 53.7 Å². The van der Waals surface area contributed by atoms with E-state index in [9.17, 15) is 18.0 Å². The summed E-state index contributed by atoms with van der Waals surface area (Å²) in [6, 6.07) is 13.6. The zero-order valence-electron chi connectivity index (χ0n) is 13.4. The highest BCUT2D eigenvalue weighted by atomic mass is 32.1. The molecule has 3 aromatic rings. The number of carbonyl (C=O) groups is 1. The molecule has 0 saturated carbocycles. The second-order valence-electron chi connectivity index (χ2n) is 5.51. The molecular formula is C18H15F3N2OS. The maximum atomic E-state index is 12.5. The molecule has 0 aliphatic rings. The number of thiazole rings is 1. The van der Waals surface area contributed by atoms with E-state index in [1.165, 1.54) is 0 Å². The lowest BCUT2D eigenvalue weighted by Crippen LogP contribution is -2.25. The number of amides is 1. The zero-order valence-corrected chi connectivity index (χ0v) is 14.2. The molecule has 0 spiro atoms. The lowest BCUT2D eigenvalue weighted by molar-refractivity contribution is -0.169. The summed E-state index contributed by atoms with van der Waals surface area (Å²) in [5.74, 6) is -2.08. The second-order valence-corrected chi connectivity index (χ2v) is 6.61. The third-order valence-electron chi connectivity index (χ3n) is 3.78. The van der Waals surface area contributed by atoms with Crippen LogP contribution in [0.25, 0.3) is 10.8 Å². The van der Waals surface area contributed by atoms with Crippen molar-refractivity contribution in [3.8, 4) is 0 Å². The fourth-order valence-corrected chi connectivity index (χ4v) is 3.48. The highest BCUT2D eigenvalue weighted by molar-refractivity contribution is 7.09. The minimum Gasteiger partial charge on any atom is -0.319 e. The molecule has 3 rings (SSSR count). The van der Waals surface area contributed by atoms with Gasteiger partial charge in [-0.3, -0.25) is 4.79 Å². The summed E-state index contributed by atoms with van der Waals surface area (Å²) in [5.41, 5.74) is 0.958. The average molecular weight is 364 g/mol. The summed E-state index contributed by atoms with van der Waals surface area (Å²) in [6.07, 6.45) is -2.54. The van der Waals surface area contributed by atoms with Crippen LogP contribution < -0.4 is 4.80 Å². The van der Waals surface area contributed by atoms with Crippen LogP contribution in [0.3, 0.4) is 0 Å². The summed E-state index contributed by atoms with van der Waals surface area (Å²) in [6.45, 7) is 2.26. The molecule has 1 aromatic heterocycles. The fourth-order valence-electron chi connectivity index (χ4n) is 2.56. The first-order valence-corrected chi connectivity index (χ1v) is 8.52. The average Bonchev–Trinajstić information content (AvgIpc) is 2.96. The molecule has 2 aromatic carbocycles. The Kier molecular flexibility index (Phi) is 4.76. The summed E-state index contributed by atoms with van der Waals surface area (Å²) >= 11 is 1.10. The Labute approximate surface area is 146 Å². The van der Waals surface area contributed by atoms with Crippen molar-refractivity contribution in [1.29, 1.82) is 0 Å². The third kappa shape index (κ3) is 3.82. The molecule has 25 heavy (non-hydrogen) atoms. The van der Waals surface area contributed by atoms with Gasteiger partial charge in [0.2, 0.25) is 0 Å². The Morgan fingerprint density at radius 3 is 2.60 bits per heavy atom. The molecule has 1 heterocycles. The van der Waals surface area contributed by atoms with Gasteiger partial charge in [-0.15, -0.1) is 11.3 Å². The summed E-state index contributed by atoms with van der Waals surface area (Å²) in [7, 11) is 0. The molecule has 0 atom stereocenters. The molecule has 1 amide bonds. The molecular weight excluding hydrogens is 349 g/mol. The van der Waals surface area contributed by atoms with E-state index in [1.807, 2.05) is 49.4 Å². The van der Waals surface area contributed by atoms with E-state index >= 15 is 0 Å². The van der Waals surface area contributed by atoms with Gasteiger partial charge in [-0.05, 0) is 22.8 Å². The largest absolute Gasteiger partial charge is 0.473 e. The van der Waals surface area contributed by atoms with Crippen LogP contribution in [-0.4, -0.2) is 16.7 Å². The maximum Gasteiger partial charge on any atom is 0.473 e. The van der Waals surface area contributed by atoms with Crippen LogP contribution in [0.5, 0.6) is 0 Å². The first kappa shape index (κ1) is 17.4. The molecule has 7 heteroatoms. The van der Waals surface area contributed by atoms with E-state index in [0.717, 1.165) is 32.5 Å². The van der Waals surface area contributed by atoms with Crippen LogP contribution in [0.4, 0.5) is 13.2 Å². The Hall–Kier alpha value is -2.41. The Balaban J connectivity index is 2.07. The third-order valence-corrected chi connectivity index (χ3v) is 4.94. The fraction of sp³-hybridized carbons (Fsp3) is 0.222. The number of nitrogens with zero attached hydrogens (tertiary/aromatic N) is 2. The number of aryl methyl sites for hydroxylation is 1. The Morgan fingerprint density at radius 2 is 1.88 bits per heavy atom. The van der Waals surface area contributed by atoms with Gasteiger partial charge in [-0.2, -0.15) is 18.2 Å². The Bertz CT molecular complexity index is 980. The van der Waals surface area contributed by atoms with Crippen molar-refractivity contribution in [1.82, 2.24) is 4.57 Å². The number of hydrogen-bond acceptors (Lipinski definition) is 2. The topological polar surface area (TPSA) is 34.4 Å². The van der Waals surface area contributed by atoms with Gasteiger partial charge in [0, 0.05) is 11.1 Å². The number of fused-ring (bicyclic) bond motifs is 1. The minimum atomic E-state index is -4.96. The second kappa shape index (κ2) is 6.84. The molecule has 0 saturated heterocycles. The van der Waals surface area contributed by atoms with Crippen LogP contribution in [0, 0.1) is 0 Å². The number of benzene rings is 2. The lowest BCUT2D eigenvalue weighted by atomic mass is 10.0. The van der Waals surface area contributed by atoms with Gasteiger partial charge in [-0.1, -0.05) is 49.4 Å². The first-order chi connectivity index (χ1) is 11.9. The summed E-state index contributed by atoms with van der Waals surface area (Å²) < 4.78 is 39.2. The predicted molar refractivity (Wildman–Crippen MR) is 91.4 cm³/mol. The molecule has 0 fully saturated rings. The highest BCUT2D eigenvalue weighted by Gasteiger charge is 2.38. The van der Waals surface area contributed by atoms with E-state index in [2.05, 4.69) is 4.99 Å². The van der Waals surface area contributed by atoms with Gasteiger partial charge in [0.1, 0.15) is 0 Å². The smallest absolute Gasteiger partial charge is 0.319 e. The van der Waals surface area contributed by atoms with Crippen molar-refractivity contribution < 1.29 is 18.0 Å². The number of hydrogen-bond donors (Lipinski definition) is 0. The van der Waals surface area contributed by atoms with Gasteiger partial charge < -0.3 is 4.57 Å². The SMILES string of the molecule is CCc1cn(Cc2cccc3ccccc23)/c(=N/C(=O)C(F)(F)F)s1. The predicted octanol–water partition coefficient (Wildman–Crippen LogP) is 4.30. The summed E-state index contributed by atoms with van der Waals surface area (Å²) in [4.78, 5) is 15.5. The quantitative estimate of drug-likeness (QED) is 0.682. The lowest BCUT2D eigenvalue weighted by Gasteiger charge is -2.08. The van der Waals surface area contributed by atoms with Crippen molar-refractivity contribution >= 4 is 28.0 Å². The molecule has 0 bridgehead atoms. The molecule has 0 unspecified atom stereocenters. The van der Waals surface area contributed by atoms with Crippen molar-refractivity contribution in [3.05, 3.63) is 63.9 Å². The Morgan fingerprint density at radius 1 is 1.16 bits per heavy atom. The highest BCUT2D eigenvalue weighted by Crippen LogP contribution is 2.20. The zero-order chi connectivity index (χ0) is 18.0. The monoisotopic (exact) mass is 364 g/mol. The van der Waals surface area contributed by atoms with E-state index < -0.39 is 12.1 Å². The first-order valence-electron chi connectivity index (χ1n) is 7.70. The number of carbonyl (C=O) groups excluding carboxylic acids is 1. The van der Waals surface area contributed by atoms with Crippen LogP contribution in [0.2, 0.25) is 0 Å². The van der Waals surface area contributed by atoms with Gasteiger partial charge in [0.25, 0.3) is 0 Å². The van der Waals surface area contributed by atoms with Crippen LogP contribution >= 0.6 is 11.3 Å². The molecule has 130 valence electrons. The number of alkyl halides is 3. The van der Waals surface area contributed by atoms with Crippen molar-refractivity contribution in [3.63, 3.8) is 0 Å². The van der Waals surface area contributed by atoms with Crippen molar-refractivity contribution in [2.75, 3.05) is 0 Å². The van der Waals surface area contributed by atoms with E-state index in [-0.39, 0.29) is 4.80 Å². The number of halogens is 3.